The molecule has 0 unspecified atom stereocenters. The van der Waals surface area contributed by atoms with E-state index in [1.54, 1.807) is 12.1 Å². The lowest BCUT2D eigenvalue weighted by atomic mass is 9.95. The van der Waals surface area contributed by atoms with E-state index in [4.69, 9.17) is 16.7 Å². The molecule has 0 saturated carbocycles. The maximum Gasteiger partial charge on any atom is 0.303 e. The van der Waals surface area contributed by atoms with Crippen LogP contribution in [0.5, 0.6) is 0 Å². The van der Waals surface area contributed by atoms with Gasteiger partial charge in [0.25, 0.3) is 5.91 Å². The predicted molar refractivity (Wildman–Crippen MR) is 122 cm³/mol. The number of ketones is 1. The van der Waals surface area contributed by atoms with Crippen molar-refractivity contribution in [3.05, 3.63) is 56.2 Å². The lowest BCUT2D eigenvalue weighted by Gasteiger charge is -2.18. The molecule has 1 aliphatic rings. The van der Waals surface area contributed by atoms with E-state index in [-0.39, 0.29) is 31.0 Å². The Hall–Kier alpha value is -2.22. The SMILES string of the molecule is CN1CCc2ccc(CC(=O)[C@@H](CCCC(=O)O)NC(=O)c3ccc(Cl)s3)cc2CC1. The van der Waals surface area contributed by atoms with E-state index in [0.717, 1.165) is 42.8 Å². The van der Waals surface area contributed by atoms with Crippen LogP contribution in [-0.4, -0.2) is 53.8 Å². The van der Waals surface area contributed by atoms with E-state index < -0.39 is 12.0 Å². The number of rotatable bonds is 9. The van der Waals surface area contributed by atoms with E-state index in [1.807, 2.05) is 6.07 Å². The first kappa shape index (κ1) is 23.4. The Bertz CT molecular complexity index is 959. The summed E-state index contributed by atoms with van der Waals surface area (Å²) in [5.74, 6) is -1.40. The number of carbonyl (C=O) groups is 3. The van der Waals surface area contributed by atoms with E-state index in [1.165, 1.54) is 11.1 Å². The number of thiophene rings is 1. The lowest BCUT2D eigenvalue weighted by Crippen LogP contribution is -2.41. The molecule has 2 aromatic rings. The molecule has 0 radical (unpaired) electrons. The summed E-state index contributed by atoms with van der Waals surface area (Å²) in [6.07, 6.45) is 2.70. The molecule has 0 saturated heterocycles. The van der Waals surface area contributed by atoms with Crippen molar-refractivity contribution in [1.29, 1.82) is 0 Å². The number of benzene rings is 1. The fraction of sp³-hybridized carbons (Fsp3) is 0.435. The molecule has 0 aliphatic carbocycles. The number of hydrogen-bond donors (Lipinski definition) is 2. The third-order valence-corrected chi connectivity index (χ3v) is 6.78. The van der Waals surface area contributed by atoms with Crippen molar-refractivity contribution < 1.29 is 19.5 Å². The molecule has 0 spiro atoms. The topological polar surface area (TPSA) is 86.7 Å². The predicted octanol–water partition coefficient (Wildman–Crippen LogP) is 3.60. The van der Waals surface area contributed by atoms with Crippen molar-refractivity contribution in [1.82, 2.24) is 10.2 Å². The van der Waals surface area contributed by atoms with Gasteiger partial charge in [0.15, 0.2) is 5.78 Å². The fourth-order valence-corrected chi connectivity index (χ4v) is 4.71. The second kappa shape index (κ2) is 10.9. The van der Waals surface area contributed by atoms with E-state index in [2.05, 4.69) is 29.4 Å². The minimum absolute atomic E-state index is 0.0448. The molecule has 1 aromatic carbocycles. The lowest BCUT2D eigenvalue weighted by molar-refractivity contribution is -0.137. The molecule has 1 aromatic heterocycles. The monoisotopic (exact) mass is 462 g/mol. The zero-order valence-corrected chi connectivity index (χ0v) is 19.1. The van der Waals surface area contributed by atoms with Gasteiger partial charge in [-0.3, -0.25) is 14.4 Å². The van der Waals surface area contributed by atoms with Crippen molar-refractivity contribution >= 4 is 40.6 Å². The summed E-state index contributed by atoms with van der Waals surface area (Å²) in [4.78, 5) is 39.2. The molecular weight excluding hydrogens is 436 g/mol. The summed E-state index contributed by atoms with van der Waals surface area (Å²) in [5, 5.41) is 11.7. The molecule has 1 amide bonds. The van der Waals surface area contributed by atoms with Crippen LogP contribution in [0.3, 0.4) is 0 Å². The van der Waals surface area contributed by atoms with Crippen LogP contribution in [0.1, 0.15) is 45.6 Å². The Labute approximate surface area is 191 Å². The van der Waals surface area contributed by atoms with Crippen molar-refractivity contribution in [3.63, 3.8) is 0 Å². The Balaban J connectivity index is 1.70. The summed E-state index contributed by atoms with van der Waals surface area (Å²) in [6, 6.07) is 8.69. The molecule has 0 bridgehead atoms. The Morgan fingerprint density at radius 2 is 1.90 bits per heavy atom. The van der Waals surface area contributed by atoms with Crippen LogP contribution in [0, 0.1) is 0 Å². The van der Waals surface area contributed by atoms with E-state index in [9.17, 15) is 14.4 Å². The van der Waals surface area contributed by atoms with Gasteiger partial charge in [0.05, 0.1) is 15.3 Å². The number of likely N-dealkylation sites (N-methyl/N-ethyl adjacent to an activating group) is 1. The summed E-state index contributed by atoms with van der Waals surface area (Å²) < 4.78 is 0.495. The average Bonchev–Trinajstić information content (AvgIpc) is 3.08. The maximum atomic E-state index is 13.1. The highest BCUT2D eigenvalue weighted by Crippen LogP contribution is 2.22. The first-order valence-electron chi connectivity index (χ1n) is 10.4. The molecule has 1 atom stereocenters. The van der Waals surface area contributed by atoms with Crippen LogP contribution in [0.2, 0.25) is 4.34 Å². The van der Waals surface area contributed by atoms with Gasteiger partial charge in [-0.15, -0.1) is 11.3 Å². The minimum atomic E-state index is -0.918. The average molecular weight is 463 g/mol. The van der Waals surface area contributed by atoms with Gasteiger partial charge < -0.3 is 15.3 Å². The summed E-state index contributed by atoms with van der Waals surface area (Å²) in [7, 11) is 2.11. The van der Waals surface area contributed by atoms with Crippen LogP contribution in [0.25, 0.3) is 0 Å². The number of nitrogens with one attached hydrogen (secondary N) is 1. The number of carbonyl (C=O) groups excluding carboxylic acids is 2. The largest absolute Gasteiger partial charge is 0.481 e. The summed E-state index contributed by atoms with van der Waals surface area (Å²) in [5.41, 5.74) is 3.51. The molecule has 31 heavy (non-hydrogen) atoms. The number of nitrogens with zero attached hydrogens (tertiary/aromatic N) is 1. The van der Waals surface area contributed by atoms with Crippen LogP contribution in [0.15, 0.2) is 30.3 Å². The van der Waals surface area contributed by atoms with Gasteiger partial charge in [0.2, 0.25) is 0 Å². The Kier molecular flexibility index (Phi) is 8.23. The minimum Gasteiger partial charge on any atom is -0.481 e. The zero-order valence-electron chi connectivity index (χ0n) is 17.5. The molecule has 2 N–H and O–H groups in total. The molecule has 0 fully saturated rings. The number of aliphatic carboxylic acids is 1. The molecule has 8 heteroatoms. The molecule has 2 heterocycles. The smallest absolute Gasteiger partial charge is 0.303 e. The fourth-order valence-electron chi connectivity index (χ4n) is 3.76. The van der Waals surface area contributed by atoms with E-state index >= 15 is 0 Å². The van der Waals surface area contributed by atoms with Crippen LogP contribution < -0.4 is 5.32 Å². The van der Waals surface area contributed by atoms with Crippen molar-refractivity contribution in [2.24, 2.45) is 0 Å². The summed E-state index contributed by atoms with van der Waals surface area (Å²) in [6.45, 7) is 2.01. The highest BCUT2D eigenvalue weighted by atomic mass is 35.5. The number of carboxylic acids is 1. The number of hydrogen-bond acceptors (Lipinski definition) is 5. The quantitative estimate of drug-likeness (QED) is 0.594. The number of amides is 1. The van der Waals surface area contributed by atoms with Gasteiger partial charge in [-0.05, 0) is 61.6 Å². The maximum absolute atomic E-state index is 13.1. The number of halogens is 1. The highest BCUT2D eigenvalue weighted by Gasteiger charge is 2.23. The first-order valence-corrected chi connectivity index (χ1v) is 11.6. The summed E-state index contributed by atoms with van der Waals surface area (Å²) >= 11 is 7.06. The van der Waals surface area contributed by atoms with Gasteiger partial charge >= 0.3 is 5.97 Å². The Morgan fingerprint density at radius 1 is 1.16 bits per heavy atom. The third-order valence-electron chi connectivity index (χ3n) is 5.55. The molecule has 166 valence electrons. The van der Waals surface area contributed by atoms with Gasteiger partial charge in [-0.1, -0.05) is 29.8 Å². The van der Waals surface area contributed by atoms with Gasteiger partial charge in [-0.25, -0.2) is 0 Å². The van der Waals surface area contributed by atoms with Gasteiger partial charge in [0.1, 0.15) is 0 Å². The van der Waals surface area contributed by atoms with Crippen LogP contribution in [0.4, 0.5) is 0 Å². The molecule has 3 rings (SSSR count). The molecular formula is C23H27ClN2O4S. The molecule has 6 nitrogen and oxygen atoms in total. The van der Waals surface area contributed by atoms with E-state index in [0.29, 0.717) is 15.6 Å². The van der Waals surface area contributed by atoms with Crippen LogP contribution in [-0.2, 0) is 28.9 Å². The number of fused-ring (bicyclic) bond motifs is 1. The van der Waals surface area contributed by atoms with Crippen molar-refractivity contribution in [2.45, 2.75) is 44.6 Å². The standard InChI is InChI=1S/C23H27ClN2O4S/c1-26-11-9-16-6-5-15(13-17(16)10-12-26)14-19(27)18(3-2-4-22(28)29)25-23(30)20-7-8-21(24)31-20/h5-8,13,18H,2-4,9-12,14H2,1H3,(H,25,30)(H,28,29)/t18-/m1/s1. The first-order chi connectivity index (χ1) is 14.8. The highest BCUT2D eigenvalue weighted by molar-refractivity contribution is 7.18. The van der Waals surface area contributed by atoms with Crippen molar-refractivity contribution in [3.8, 4) is 0 Å². The van der Waals surface area contributed by atoms with Crippen molar-refractivity contribution in [2.75, 3.05) is 20.1 Å². The normalized spacial score (nSPS) is 15.0. The number of carboxylic acid groups (broad SMARTS) is 1. The Morgan fingerprint density at radius 3 is 2.58 bits per heavy atom. The zero-order chi connectivity index (χ0) is 22.4. The number of Topliss-reactive ketones (excluding diaryl/α,β-unsaturated/α-hetero) is 1. The second-order valence-corrected chi connectivity index (χ2v) is 9.68. The molecule has 1 aliphatic heterocycles. The van der Waals surface area contributed by atoms with Gasteiger partial charge in [-0.2, -0.15) is 0 Å². The second-order valence-electron chi connectivity index (χ2n) is 7.97. The third kappa shape index (κ3) is 6.89. The van der Waals surface area contributed by atoms with Crippen LogP contribution >= 0.6 is 22.9 Å². The van der Waals surface area contributed by atoms with Gasteiger partial charge in [0, 0.05) is 25.9 Å².